The molecule has 1 aliphatic rings. The van der Waals surface area contributed by atoms with E-state index in [-0.39, 0.29) is 29.6 Å². The molecular formula is C19H21F3N2O2S. The molecule has 1 saturated heterocycles. The summed E-state index contributed by atoms with van der Waals surface area (Å²) < 4.78 is 67.8. The maximum atomic E-state index is 15.0. The highest BCUT2D eigenvalue weighted by Crippen LogP contribution is 2.28. The largest absolute Gasteiger partial charge is 0.312 e. The van der Waals surface area contributed by atoms with Crippen molar-refractivity contribution >= 4 is 10.0 Å². The first kappa shape index (κ1) is 19.9. The predicted octanol–water partition coefficient (Wildman–Crippen LogP) is 2.98. The lowest BCUT2D eigenvalue weighted by molar-refractivity contribution is 0.327. The normalized spacial score (nSPS) is 20.6. The first-order valence-corrected chi connectivity index (χ1v) is 10.6. The zero-order chi connectivity index (χ0) is 19.6. The van der Waals surface area contributed by atoms with Crippen LogP contribution in [0.4, 0.5) is 13.2 Å². The maximum Gasteiger partial charge on any atom is 0.209 e. The zero-order valence-electron chi connectivity index (χ0n) is 14.8. The molecule has 2 unspecified atom stereocenters. The standard InChI is InChI=1S/C19H21F3N2O2S/c1-27(25,26)24-17-6-3-7-23-18(17)10-12-4-2-5-16(19(12)22)13-8-14(20)11-15(21)9-13/h2,4-5,8-9,11,17-18,23-24H,3,6-7,10H2,1H3. The van der Waals surface area contributed by atoms with Gasteiger partial charge in [0.1, 0.15) is 17.5 Å². The molecule has 2 aromatic rings. The number of rotatable bonds is 5. The zero-order valence-corrected chi connectivity index (χ0v) is 15.6. The number of hydrogen-bond donors (Lipinski definition) is 2. The van der Waals surface area contributed by atoms with Gasteiger partial charge in [-0.05, 0) is 49.1 Å². The van der Waals surface area contributed by atoms with Crippen molar-refractivity contribution in [3.05, 3.63) is 59.4 Å². The summed E-state index contributed by atoms with van der Waals surface area (Å²) >= 11 is 0. The van der Waals surface area contributed by atoms with Crippen LogP contribution in [0.15, 0.2) is 36.4 Å². The van der Waals surface area contributed by atoms with Crippen molar-refractivity contribution in [2.24, 2.45) is 0 Å². The van der Waals surface area contributed by atoms with Crippen LogP contribution >= 0.6 is 0 Å². The molecule has 0 bridgehead atoms. The molecule has 2 atom stereocenters. The molecule has 146 valence electrons. The number of piperidine rings is 1. The van der Waals surface area contributed by atoms with Crippen LogP contribution in [0.2, 0.25) is 0 Å². The van der Waals surface area contributed by atoms with Gasteiger partial charge in [-0.25, -0.2) is 26.3 Å². The highest BCUT2D eigenvalue weighted by atomic mass is 32.2. The molecule has 0 saturated carbocycles. The van der Waals surface area contributed by atoms with Crippen LogP contribution in [0.1, 0.15) is 18.4 Å². The van der Waals surface area contributed by atoms with Crippen LogP contribution in [0, 0.1) is 17.5 Å². The number of nitrogens with one attached hydrogen (secondary N) is 2. The van der Waals surface area contributed by atoms with Crippen LogP contribution in [0.25, 0.3) is 11.1 Å². The van der Waals surface area contributed by atoms with Gasteiger partial charge in [0.05, 0.1) is 6.26 Å². The lowest BCUT2D eigenvalue weighted by atomic mass is 9.91. The van der Waals surface area contributed by atoms with E-state index in [4.69, 9.17) is 0 Å². The van der Waals surface area contributed by atoms with Gasteiger partial charge in [0.25, 0.3) is 0 Å². The van der Waals surface area contributed by atoms with Crippen molar-refractivity contribution < 1.29 is 21.6 Å². The molecule has 2 aromatic carbocycles. The summed E-state index contributed by atoms with van der Waals surface area (Å²) in [6.07, 6.45) is 2.82. The molecule has 0 spiro atoms. The summed E-state index contributed by atoms with van der Waals surface area (Å²) in [5, 5.41) is 3.23. The second kappa shape index (κ2) is 8.00. The molecule has 0 aromatic heterocycles. The minimum atomic E-state index is -3.39. The molecule has 0 radical (unpaired) electrons. The lowest BCUT2D eigenvalue weighted by Gasteiger charge is -2.33. The Morgan fingerprint density at radius 3 is 2.52 bits per heavy atom. The minimum Gasteiger partial charge on any atom is -0.312 e. The van der Waals surface area contributed by atoms with E-state index in [1.807, 2.05) is 0 Å². The fraction of sp³-hybridized carbons (Fsp3) is 0.368. The average molecular weight is 398 g/mol. The van der Waals surface area contributed by atoms with Gasteiger partial charge in [0, 0.05) is 23.7 Å². The van der Waals surface area contributed by atoms with Gasteiger partial charge in [0.15, 0.2) is 0 Å². The third-order valence-corrected chi connectivity index (χ3v) is 5.37. The molecule has 2 N–H and O–H groups in total. The molecule has 0 amide bonds. The van der Waals surface area contributed by atoms with E-state index in [1.54, 1.807) is 12.1 Å². The van der Waals surface area contributed by atoms with Crippen molar-refractivity contribution in [1.82, 2.24) is 10.0 Å². The first-order chi connectivity index (χ1) is 12.7. The minimum absolute atomic E-state index is 0.106. The van der Waals surface area contributed by atoms with Crippen LogP contribution in [0.5, 0.6) is 0 Å². The van der Waals surface area contributed by atoms with E-state index in [9.17, 15) is 17.2 Å². The molecule has 1 fully saturated rings. The maximum absolute atomic E-state index is 15.0. The molecule has 4 nitrogen and oxygen atoms in total. The molecule has 1 heterocycles. The smallest absolute Gasteiger partial charge is 0.209 e. The molecule has 3 rings (SSSR count). The van der Waals surface area contributed by atoms with Gasteiger partial charge < -0.3 is 5.32 Å². The second-order valence-corrected chi connectivity index (χ2v) is 8.62. The summed E-state index contributed by atoms with van der Waals surface area (Å²) in [4.78, 5) is 0. The van der Waals surface area contributed by atoms with Gasteiger partial charge >= 0.3 is 0 Å². The van der Waals surface area contributed by atoms with Crippen molar-refractivity contribution in [3.8, 4) is 11.1 Å². The second-order valence-electron chi connectivity index (χ2n) is 6.84. The Balaban J connectivity index is 1.89. The Labute approximate surface area is 156 Å². The molecule has 0 aliphatic carbocycles. The van der Waals surface area contributed by atoms with Crippen molar-refractivity contribution in [2.45, 2.75) is 31.3 Å². The number of hydrogen-bond acceptors (Lipinski definition) is 3. The Morgan fingerprint density at radius 1 is 1.15 bits per heavy atom. The lowest BCUT2D eigenvalue weighted by Crippen LogP contribution is -2.54. The van der Waals surface area contributed by atoms with E-state index < -0.39 is 27.5 Å². The molecule has 27 heavy (non-hydrogen) atoms. The van der Waals surface area contributed by atoms with Crippen LogP contribution in [-0.4, -0.2) is 33.3 Å². The van der Waals surface area contributed by atoms with Crippen molar-refractivity contribution in [2.75, 3.05) is 12.8 Å². The third-order valence-electron chi connectivity index (χ3n) is 4.64. The van der Waals surface area contributed by atoms with Gasteiger partial charge in [0.2, 0.25) is 10.0 Å². The Hall–Kier alpha value is -1.90. The number of benzene rings is 2. The van der Waals surface area contributed by atoms with Crippen molar-refractivity contribution in [1.29, 1.82) is 0 Å². The van der Waals surface area contributed by atoms with Crippen LogP contribution in [-0.2, 0) is 16.4 Å². The van der Waals surface area contributed by atoms with E-state index in [0.29, 0.717) is 18.5 Å². The van der Waals surface area contributed by atoms with Crippen molar-refractivity contribution in [3.63, 3.8) is 0 Å². The third kappa shape index (κ3) is 5.09. The van der Waals surface area contributed by atoms with Crippen LogP contribution < -0.4 is 10.0 Å². The highest BCUT2D eigenvalue weighted by Gasteiger charge is 2.28. The molecule has 1 aliphatic heterocycles. The number of halogens is 3. The Kier molecular flexibility index (Phi) is 5.88. The summed E-state index contributed by atoms with van der Waals surface area (Å²) in [7, 11) is -3.39. The van der Waals surface area contributed by atoms with Gasteiger partial charge in [-0.1, -0.05) is 18.2 Å². The SMILES string of the molecule is CS(=O)(=O)NC1CCCNC1Cc1cccc(-c2cc(F)cc(F)c2)c1F. The summed E-state index contributed by atoms with van der Waals surface area (Å²) in [5.41, 5.74) is 0.584. The van der Waals surface area contributed by atoms with Crippen LogP contribution in [0.3, 0.4) is 0 Å². The summed E-state index contributed by atoms with van der Waals surface area (Å²) in [6, 6.07) is 6.97. The van der Waals surface area contributed by atoms with Gasteiger partial charge in [-0.3, -0.25) is 0 Å². The number of sulfonamides is 1. The summed E-state index contributed by atoms with van der Waals surface area (Å²) in [5.74, 6) is -2.12. The molecular weight excluding hydrogens is 377 g/mol. The highest BCUT2D eigenvalue weighted by molar-refractivity contribution is 7.88. The average Bonchev–Trinajstić information content (AvgIpc) is 2.56. The van der Waals surface area contributed by atoms with E-state index in [2.05, 4.69) is 10.0 Å². The molecule has 8 heteroatoms. The first-order valence-electron chi connectivity index (χ1n) is 8.67. The van der Waals surface area contributed by atoms with E-state index in [1.165, 1.54) is 6.07 Å². The predicted molar refractivity (Wildman–Crippen MR) is 98.2 cm³/mol. The quantitative estimate of drug-likeness (QED) is 0.814. The monoisotopic (exact) mass is 398 g/mol. The topological polar surface area (TPSA) is 58.2 Å². The van der Waals surface area contributed by atoms with Gasteiger partial charge in [-0.15, -0.1) is 0 Å². The Morgan fingerprint density at radius 2 is 1.85 bits per heavy atom. The van der Waals surface area contributed by atoms with Gasteiger partial charge in [-0.2, -0.15) is 0 Å². The fourth-order valence-corrected chi connectivity index (χ4v) is 4.32. The van der Waals surface area contributed by atoms with E-state index in [0.717, 1.165) is 30.9 Å². The van der Waals surface area contributed by atoms with E-state index >= 15 is 4.39 Å². The summed E-state index contributed by atoms with van der Waals surface area (Å²) in [6.45, 7) is 0.711. The Bertz CT molecular complexity index is 914. The fourth-order valence-electron chi connectivity index (χ4n) is 3.49.